The van der Waals surface area contributed by atoms with Crippen molar-refractivity contribution >= 4 is 17.5 Å². The molecule has 2 rings (SSSR count). The number of nitrogen functional groups attached to an aromatic ring is 1. The summed E-state index contributed by atoms with van der Waals surface area (Å²) in [5.41, 5.74) is 6.78. The summed E-state index contributed by atoms with van der Waals surface area (Å²) in [5, 5.41) is 3.43. The number of aromatic nitrogens is 1. The zero-order valence-corrected chi connectivity index (χ0v) is 12.2. The number of ether oxygens (including phenoxy) is 1. The zero-order valence-electron chi connectivity index (χ0n) is 12.2. The van der Waals surface area contributed by atoms with Gasteiger partial charge in [-0.3, -0.25) is 0 Å². The minimum Gasteiger partial charge on any atom is -0.465 e. The third-order valence-electron chi connectivity index (χ3n) is 4.15. The molecule has 1 heterocycles. The smallest absolute Gasteiger partial charge is 0.340 e. The van der Waals surface area contributed by atoms with E-state index in [0.29, 0.717) is 29.0 Å². The molecule has 0 radical (unpaired) electrons. The SMILES string of the molecule is CCC1CCCCC1Nc1nccc(C(=O)OC)c1N. The molecule has 1 aromatic rings. The number of carbonyl (C=O) groups excluding carboxylic acids is 1. The number of pyridine rings is 1. The molecular weight excluding hydrogens is 254 g/mol. The second kappa shape index (κ2) is 6.59. The Morgan fingerprint density at radius 2 is 2.25 bits per heavy atom. The second-order valence-electron chi connectivity index (χ2n) is 5.32. The highest BCUT2D eigenvalue weighted by atomic mass is 16.5. The molecule has 1 saturated carbocycles. The summed E-state index contributed by atoms with van der Waals surface area (Å²) in [7, 11) is 1.35. The van der Waals surface area contributed by atoms with Crippen LogP contribution in [0.2, 0.25) is 0 Å². The van der Waals surface area contributed by atoms with E-state index >= 15 is 0 Å². The third-order valence-corrected chi connectivity index (χ3v) is 4.15. The Balaban J connectivity index is 2.18. The van der Waals surface area contributed by atoms with Gasteiger partial charge >= 0.3 is 5.97 Å². The first-order valence-electron chi connectivity index (χ1n) is 7.26. The van der Waals surface area contributed by atoms with Crippen LogP contribution in [0.1, 0.15) is 49.4 Å². The number of nitrogens with zero attached hydrogens (tertiary/aromatic N) is 1. The number of nitrogens with one attached hydrogen (secondary N) is 1. The summed E-state index contributed by atoms with van der Waals surface area (Å²) in [6.45, 7) is 2.21. The highest BCUT2D eigenvalue weighted by Gasteiger charge is 2.25. The maximum absolute atomic E-state index is 11.6. The lowest BCUT2D eigenvalue weighted by Crippen LogP contribution is -2.32. The van der Waals surface area contributed by atoms with Gasteiger partial charge in [-0.1, -0.05) is 26.2 Å². The Kier molecular flexibility index (Phi) is 4.82. The van der Waals surface area contributed by atoms with E-state index in [9.17, 15) is 4.79 Å². The van der Waals surface area contributed by atoms with Gasteiger partial charge in [-0.2, -0.15) is 0 Å². The molecule has 5 nitrogen and oxygen atoms in total. The molecule has 0 spiro atoms. The summed E-state index contributed by atoms with van der Waals surface area (Å²) < 4.78 is 4.73. The van der Waals surface area contributed by atoms with E-state index in [0.717, 1.165) is 12.8 Å². The van der Waals surface area contributed by atoms with Crippen LogP contribution in [0.3, 0.4) is 0 Å². The van der Waals surface area contributed by atoms with Gasteiger partial charge in [0.15, 0.2) is 0 Å². The number of methoxy groups -OCH3 is 1. The van der Waals surface area contributed by atoms with Crippen LogP contribution in [0, 0.1) is 5.92 Å². The lowest BCUT2D eigenvalue weighted by Gasteiger charge is -2.32. The molecule has 2 unspecified atom stereocenters. The van der Waals surface area contributed by atoms with E-state index in [2.05, 4.69) is 17.2 Å². The molecule has 1 aromatic heterocycles. The normalized spacial score (nSPS) is 22.3. The topological polar surface area (TPSA) is 77.2 Å². The molecule has 0 saturated heterocycles. The second-order valence-corrected chi connectivity index (χ2v) is 5.32. The molecule has 1 aliphatic carbocycles. The van der Waals surface area contributed by atoms with Crippen LogP contribution < -0.4 is 11.1 Å². The first-order valence-corrected chi connectivity index (χ1v) is 7.26. The molecule has 3 N–H and O–H groups in total. The monoisotopic (exact) mass is 277 g/mol. The summed E-state index contributed by atoms with van der Waals surface area (Å²) in [5.74, 6) is 0.814. The van der Waals surface area contributed by atoms with E-state index in [1.807, 2.05) is 0 Å². The minimum atomic E-state index is -0.427. The highest BCUT2D eigenvalue weighted by molar-refractivity contribution is 5.97. The quantitative estimate of drug-likeness (QED) is 0.827. The summed E-state index contributed by atoms with van der Waals surface area (Å²) in [6, 6.07) is 1.97. The maximum atomic E-state index is 11.6. The molecule has 1 aliphatic rings. The lowest BCUT2D eigenvalue weighted by molar-refractivity contribution is 0.0602. The number of nitrogens with two attached hydrogens (primary N) is 1. The van der Waals surface area contributed by atoms with Gasteiger partial charge in [-0.15, -0.1) is 0 Å². The molecule has 0 aliphatic heterocycles. The van der Waals surface area contributed by atoms with Gasteiger partial charge in [-0.25, -0.2) is 9.78 Å². The van der Waals surface area contributed by atoms with Crippen molar-refractivity contribution in [2.75, 3.05) is 18.2 Å². The molecule has 20 heavy (non-hydrogen) atoms. The van der Waals surface area contributed by atoms with Crippen LogP contribution in [-0.2, 0) is 4.74 Å². The van der Waals surface area contributed by atoms with Crippen molar-refractivity contribution in [3.63, 3.8) is 0 Å². The number of esters is 1. The molecule has 2 atom stereocenters. The fraction of sp³-hybridized carbons (Fsp3) is 0.600. The van der Waals surface area contributed by atoms with Gasteiger partial charge in [0.1, 0.15) is 5.82 Å². The van der Waals surface area contributed by atoms with Gasteiger partial charge in [-0.05, 0) is 24.8 Å². The molecule has 0 bridgehead atoms. The fourth-order valence-electron chi connectivity index (χ4n) is 2.94. The Bertz CT molecular complexity index is 476. The van der Waals surface area contributed by atoms with Crippen molar-refractivity contribution in [3.8, 4) is 0 Å². The molecule has 5 heteroatoms. The highest BCUT2D eigenvalue weighted by Crippen LogP contribution is 2.31. The Hall–Kier alpha value is -1.78. The minimum absolute atomic E-state index is 0.369. The Morgan fingerprint density at radius 1 is 1.50 bits per heavy atom. The number of carbonyl (C=O) groups is 1. The third kappa shape index (κ3) is 3.03. The average molecular weight is 277 g/mol. The van der Waals surface area contributed by atoms with Crippen molar-refractivity contribution in [2.24, 2.45) is 5.92 Å². The summed E-state index contributed by atoms with van der Waals surface area (Å²) in [4.78, 5) is 15.9. The fourth-order valence-corrected chi connectivity index (χ4v) is 2.94. The van der Waals surface area contributed by atoms with E-state index in [4.69, 9.17) is 10.5 Å². The van der Waals surface area contributed by atoms with Crippen molar-refractivity contribution in [2.45, 2.75) is 45.1 Å². The Labute approximate surface area is 119 Å². The first kappa shape index (κ1) is 14.6. The molecular formula is C15H23N3O2. The number of rotatable bonds is 4. The largest absolute Gasteiger partial charge is 0.465 e. The van der Waals surface area contributed by atoms with E-state index in [1.54, 1.807) is 12.3 Å². The van der Waals surface area contributed by atoms with E-state index < -0.39 is 5.97 Å². The zero-order chi connectivity index (χ0) is 14.5. The van der Waals surface area contributed by atoms with Crippen LogP contribution >= 0.6 is 0 Å². The predicted octanol–water partition coefficient (Wildman–Crippen LogP) is 2.83. The summed E-state index contributed by atoms with van der Waals surface area (Å²) in [6.07, 6.45) is 7.63. The van der Waals surface area contributed by atoms with Crippen LogP contribution in [0.15, 0.2) is 12.3 Å². The van der Waals surface area contributed by atoms with Crippen LogP contribution in [-0.4, -0.2) is 24.1 Å². The van der Waals surface area contributed by atoms with Crippen molar-refractivity contribution in [1.82, 2.24) is 4.98 Å². The predicted molar refractivity (Wildman–Crippen MR) is 79.6 cm³/mol. The molecule has 0 amide bonds. The van der Waals surface area contributed by atoms with E-state index in [1.165, 1.54) is 26.4 Å². The van der Waals surface area contributed by atoms with Crippen LogP contribution in [0.4, 0.5) is 11.5 Å². The molecule has 110 valence electrons. The van der Waals surface area contributed by atoms with Gasteiger partial charge in [0.2, 0.25) is 0 Å². The molecule has 1 fully saturated rings. The molecule has 0 aromatic carbocycles. The van der Waals surface area contributed by atoms with Gasteiger partial charge in [0.25, 0.3) is 0 Å². The van der Waals surface area contributed by atoms with Gasteiger partial charge in [0, 0.05) is 12.2 Å². The Morgan fingerprint density at radius 3 is 2.95 bits per heavy atom. The van der Waals surface area contributed by atoms with Crippen molar-refractivity contribution < 1.29 is 9.53 Å². The van der Waals surface area contributed by atoms with Crippen LogP contribution in [0.25, 0.3) is 0 Å². The van der Waals surface area contributed by atoms with E-state index in [-0.39, 0.29) is 0 Å². The number of hydrogen-bond acceptors (Lipinski definition) is 5. The number of anilines is 2. The maximum Gasteiger partial charge on any atom is 0.340 e. The van der Waals surface area contributed by atoms with Crippen LogP contribution in [0.5, 0.6) is 0 Å². The van der Waals surface area contributed by atoms with Gasteiger partial charge in [0.05, 0.1) is 18.4 Å². The van der Waals surface area contributed by atoms with Gasteiger partial charge < -0.3 is 15.8 Å². The lowest BCUT2D eigenvalue weighted by atomic mass is 9.83. The van der Waals surface area contributed by atoms with Crippen molar-refractivity contribution in [1.29, 1.82) is 0 Å². The summed E-state index contributed by atoms with van der Waals surface area (Å²) >= 11 is 0. The number of hydrogen-bond donors (Lipinski definition) is 2. The average Bonchev–Trinajstić information content (AvgIpc) is 2.49. The standard InChI is InChI=1S/C15H23N3O2/c1-3-10-6-4-5-7-12(10)18-14-13(16)11(8-9-17-14)15(19)20-2/h8-10,12H,3-7,16H2,1-2H3,(H,17,18). The first-order chi connectivity index (χ1) is 9.67. The van der Waals surface area contributed by atoms with Crippen molar-refractivity contribution in [3.05, 3.63) is 17.8 Å².